The monoisotopic (exact) mass is 295 g/mol. The van der Waals surface area contributed by atoms with E-state index in [-0.39, 0.29) is 0 Å². The number of rotatable bonds is 3. The zero-order valence-corrected chi connectivity index (χ0v) is 11.9. The van der Waals surface area contributed by atoms with E-state index in [1.807, 2.05) is 25.9 Å². The maximum absolute atomic E-state index is 9.17. The van der Waals surface area contributed by atoms with Crippen LogP contribution in [0.3, 0.4) is 0 Å². The normalized spacial score (nSPS) is 10.4. The number of aliphatic imine (C=N–C) groups is 1. The Morgan fingerprint density at radius 1 is 1.53 bits per heavy atom. The molecule has 0 aliphatic carbocycles. The molecule has 0 spiro atoms. The van der Waals surface area contributed by atoms with Crippen molar-refractivity contribution in [2.24, 2.45) is 4.99 Å². The second-order valence-electron chi connectivity index (χ2n) is 3.73. The van der Waals surface area contributed by atoms with E-state index in [1.54, 1.807) is 19.5 Å². The molecule has 1 aromatic rings. The van der Waals surface area contributed by atoms with Gasteiger partial charge in [-0.05, 0) is 28.9 Å². The molecule has 0 atom stereocenters. The molecule has 0 saturated heterocycles. The minimum absolute atomic E-state index is 0.531. The van der Waals surface area contributed by atoms with Crippen molar-refractivity contribution < 1.29 is 4.74 Å². The second kappa shape index (κ2) is 5.69. The van der Waals surface area contributed by atoms with Gasteiger partial charge in [-0.25, -0.2) is 4.99 Å². The molecule has 0 radical (unpaired) electrons. The van der Waals surface area contributed by atoms with Gasteiger partial charge in [-0.15, -0.1) is 0 Å². The van der Waals surface area contributed by atoms with Crippen molar-refractivity contribution in [1.82, 2.24) is 4.90 Å². The average molecular weight is 296 g/mol. The third kappa shape index (κ3) is 2.98. The number of nitriles is 1. The first kappa shape index (κ1) is 13.5. The number of hydrogen-bond donors (Lipinski definition) is 0. The van der Waals surface area contributed by atoms with Crippen LogP contribution >= 0.6 is 15.9 Å². The summed E-state index contributed by atoms with van der Waals surface area (Å²) in [6, 6.07) is 3.94. The molecule has 0 saturated carbocycles. The maximum Gasteiger partial charge on any atom is 0.137 e. The van der Waals surface area contributed by atoms with E-state index in [4.69, 9.17) is 10.00 Å². The lowest BCUT2D eigenvalue weighted by molar-refractivity contribution is 0.409. The molecule has 0 aromatic heterocycles. The molecule has 1 rings (SSSR count). The van der Waals surface area contributed by atoms with Crippen molar-refractivity contribution in [1.29, 1.82) is 5.26 Å². The molecule has 0 fully saturated rings. The van der Waals surface area contributed by atoms with Gasteiger partial charge in [0.15, 0.2) is 0 Å². The lowest BCUT2D eigenvalue weighted by Crippen LogP contribution is -2.07. The van der Waals surface area contributed by atoms with E-state index < -0.39 is 0 Å². The topological polar surface area (TPSA) is 48.6 Å². The van der Waals surface area contributed by atoms with E-state index in [0.29, 0.717) is 17.0 Å². The highest BCUT2D eigenvalue weighted by molar-refractivity contribution is 9.10. The highest BCUT2D eigenvalue weighted by Crippen LogP contribution is 2.36. The van der Waals surface area contributed by atoms with Crippen LogP contribution in [0.2, 0.25) is 0 Å². The van der Waals surface area contributed by atoms with Crippen LogP contribution in [-0.2, 0) is 0 Å². The molecule has 4 nitrogen and oxygen atoms in total. The van der Waals surface area contributed by atoms with Crippen LogP contribution in [0.5, 0.6) is 5.75 Å². The van der Waals surface area contributed by atoms with Crippen molar-refractivity contribution in [3.05, 3.63) is 21.7 Å². The Morgan fingerprint density at radius 2 is 2.18 bits per heavy atom. The Labute approximate surface area is 110 Å². The fraction of sp³-hybridized carbons (Fsp3) is 0.333. The van der Waals surface area contributed by atoms with Crippen LogP contribution in [0.25, 0.3) is 0 Å². The van der Waals surface area contributed by atoms with Crippen LogP contribution in [-0.4, -0.2) is 32.4 Å². The number of nitrogens with zero attached hydrogens (tertiary/aromatic N) is 3. The first-order valence-electron chi connectivity index (χ1n) is 4.99. The highest BCUT2D eigenvalue weighted by atomic mass is 79.9. The summed E-state index contributed by atoms with van der Waals surface area (Å²) in [7, 11) is 5.33. The molecule has 1 aromatic carbocycles. The number of hydrogen-bond acceptors (Lipinski definition) is 3. The molecule has 0 N–H and O–H groups in total. The second-order valence-corrected chi connectivity index (χ2v) is 4.59. The summed E-state index contributed by atoms with van der Waals surface area (Å²) in [4.78, 5) is 6.08. The summed E-state index contributed by atoms with van der Waals surface area (Å²) in [5.41, 5.74) is 1.95. The molecule has 90 valence electrons. The van der Waals surface area contributed by atoms with Gasteiger partial charge in [0.25, 0.3) is 0 Å². The Hall–Kier alpha value is -1.54. The number of benzene rings is 1. The molecule has 0 unspecified atom stereocenters. The van der Waals surface area contributed by atoms with Gasteiger partial charge in [0.2, 0.25) is 0 Å². The third-order valence-corrected chi connectivity index (χ3v) is 2.78. The molecule has 0 aliphatic rings. The van der Waals surface area contributed by atoms with Crippen molar-refractivity contribution >= 4 is 28.0 Å². The highest BCUT2D eigenvalue weighted by Gasteiger charge is 2.13. The Balaban J connectivity index is 3.38. The minimum Gasteiger partial charge on any atom is -0.495 e. The van der Waals surface area contributed by atoms with Crippen LogP contribution in [0.15, 0.2) is 15.5 Å². The van der Waals surface area contributed by atoms with Crippen LogP contribution in [0.1, 0.15) is 11.1 Å². The lowest BCUT2D eigenvalue weighted by Gasteiger charge is -2.11. The Bertz CT molecular complexity index is 490. The average Bonchev–Trinajstić information content (AvgIpc) is 2.26. The number of halogens is 1. The summed E-state index contributed by atoms with van der Waals surface area (Å²) in [6.45, 7) is 1.84. The van der Waals surface area contributed by atoms with Crippen molar-refractivity contribution in [3.63, 3.8) is 0 Å². The van der Waals surface area contributed by atoms with Gasteiger partial charge < -0.3 is 9.64 Å². The van der Waals surface area contributed by atoms with Gasteiger partial charge in [0.1, 0.15) is 11.8 Å². The van der Waals surface area contributed by atoms with E-state index >= 15 is 0 Å². The standard InChI is InChI=1S/C12H14BrN3O/c1-8-9(6-14)11(15-7-16(2)3)5-10(13)12(8)17-4/h5,7H,1-4H3/b15-7-. The van der Waals surface area contributed by atoms with Crippen LogP contribution < -0.4 is 4.74 Å². The predicted molar refractivity (Wildman–Crippen MR) is 72.0 cm³/mol. The van der Waals surface area contributed by atoms with Gasteiger partial charge in [-0.3, -0.25) is 0 Å². The molecular weight excluding hydrogens is 282 g/mol. The molecule has 0 heterocycles. The molecule has 0 amide bonds. The van der Waals surface area contributed by atoms with Gasteiger partial charge in [0.05, 0.1) is 29.2 Å². The summed E-state index contributed by atoms with van der Waals surface area (Å²) in [6.07, 6.45) is 1.66. The fourth-order valence-electron chi connectivity index (χ4n) is 1.41. The summed E-state index contributed by atoms with van der Waals surface area (Å²) >= 11 is 3.41. The minimum atomic E-state index is 0.531. The van der Waals surface area contributed by atoms with Gasteiger partial charge in [0, 0.05) is 19.7 Å². The molecule has 5 heteroatoms. The maximum atomic E-state index is 9.17. The van der Waals surface area contributed by atoms with Crippen molar-refractivity contribution in [2.75, 3.05) is 21.2 Å². The molecule has 17 heavy (non-hydrogen) atoms. The number of methoxy groups -OCH3 is 1. The fourth-order valence-corrected chi connectivity index (χ4v) is 2.09. The molecular formula is C12H14BrN3O. The molecule has 0 aliphatic heterocycles. The quantitative estimate of drug-likeness (QED) is 0.636. The van der Waals surface area contributed by atoms with E-state index in [0.717, 1.165) is 10.0 Å². The van der Waals surface area contributed by atoms with Gasteiger partial charge in [-0.1, -0.05) is 0 Å². The Kier molecular flexibility index (Phi) is 4.53. The van der Waals surface area contributed by atoms with E-state index in [2.05, 4.69) is 27.0 Å². The lowest BCUT2D eigenvalue weighted by atomic mass is 10.1. The Morgan fingerprint density at radius 3 is 2.65 bits per heavy atom. The van der Waals surface area contributed by atoms with E-state index in [9.17, 15) is 0 Å². The van der Waals surface area contributed by atoms with Crippen LogP contribution in [0, 0.1) is 18.3 Å². The SMILES string of the molecule is COc1c(Br)cc(/N=C\N(C)C)c(C#N)c1C. The smallest absolute Gasteiger partial charge is 0.137 e. The first-order valence-corrected chi connectivity index (χ1v) is 5.78. The zero-order valence-electron chi connectivity index (χ0n) is 10.3. The molecule has 0 bridgehead atoms. The summed E-state index contributed by atoms with van der Waals surface area (Å²) in [5.74, 6) is 0.672. The predicted octanol–water partition coefficient (Wildman–Crippen LogP) is 2.86. The van der Waals surface area contributed by atoms with Gasteiger partial charge in [-0.2, -0.15) is 5.26 Å². The summed E-state index contributed by atoms with van der Waals surface area (Å²) < 4.78 is 6.03. The largest absolute Gasteiger partial charge is 0.495 e. The first-order chi connectivity index (χ1) is 8.01. The van der Waals surface area contributed by atoms with Gasteiger partial charge >= 0.3 is 0 Å². The van der Waals surface area contributed by atoms with E-state index in [1.165, 1.54) is 0 Å². The van der Waals surface area contributed by atoms with Crippen molar-refractivity contribution in [2.45, 2.75) is 6.92 Å². The van der Waals surface area contributed by atoms with Crippen LogP contribution in [0.4, 0.5) is 5.69 Å². The summed E-state index contributed by atoms with van der Waals surface area (Å²) in [5, 5.41) is 9.17. The van der Waals surface area contributed by atoms with Crippen molar-refractivity contribution in [3.8, 4) is 11.8 Å². The third-order valence-electron chi connectivity index (χ3n) is 2.20. The number of ether oxygens (including phenoxy) is 1. The zero-order chi connectivity index (χ0) is 13.0.